The van der Waals surface area contributed by atoms with Gasteiger partial charge in [0.05, 0.1) is 5.69 Å². The fourth-order valence-corrected chi connectivity index (χ4v) is 9.39. The summed E-state index contributed by atoms with van der Waals surface area (Å²) in [6.45, 7) is 9.64. The van der Waals surface area contributed by atoms with Crippen LogP contribution >= 0.6 is 0 Å². The number of benzene rings is 2. The third-order valence-electron chi connectivity index (χ3n) is 10.7. The molecule has 6 rings (SSSR count). The van der Waals surface area contributed by atoms with Gasteiger partial charge < -0.3 is 5.11 Å². The zero-order valence-corrected chi connectivity index (χ0v) is 38.0. The van der Waals surface area contributed by atoms with Crippen molar-refractivity contribution in [3.8, 4) is 28.5 Å². The average Bonchev–Trinajstić information content (AvgIpc) is 3.86. The number of amides is 3. The number of carbonyl (C=O) groups is 4. The minimum absolute atomic E-state index is 0.0613. The Morgan fingerprint density at radius 2 is 1.71 bits per heavy atom. The molecule has 3 aromatic heterocycles. The molecule has 330 valence electrons. The van der Waals surface area contributed by atoms with E-state index in [1.54, 1.807) is 53.5 Å². The first-order valence-electron chi connectivity index (χ1n) is 20.9. The van der Waals surface area contributed by atoms with E-state index in [4.69, 9.17) is 9.47 Å². The summed E-state index contributed by atoms with van der Waals surface area (Å²) in [7, 11) is 0. The molecule has 1 aliphatic carbocycles. The van der Waals surface area contributed by atoms with Gasteiger partial charge in [-0.15, -0.1) is 0 Å². The molecule has 5 N–H and O–H groups in total. The summed E-state index contributed by atoms with van der Waals surface area (Å²) in [6, 6.07) is 18.1. The van der Waals surface area contributed by atoms with E-state index in [0.29, 0.717) is 58.5 Å². The van der Waals surface area contributed by atoms with Crippen LogP contribution in [0.1, 0.15) is 94.0 Å². The Bertz CT molecular complexity index is 2280. The number of carboxylic acid groups (broad SMARTS) is 1. The summed E-state index contributed by atoms with van der Waals surface area (Å²) >= 11 is -0.659. The number of ether oxygens (including phenoxy) is 2. The number of hydrogen-bond acceptors (Lipinski definition) is 9. The van der Waals surface area contributed by atoms with E-state index in [-0.39, 0.29) is 23.8 Å². The summed E-state index contributed by atoms with van der Waals surface area (Å²) in [4.78, 5) is 56.3. The molecule has 2 atom stereocenters. The molecule has 3 amide bonds. The number of rotatable bonds is 19. The zero-order valence-electron chi connectivity index (χ0n) is 35.9. The number of hydrogen-bond donors (Lipinski definition) is 5. The fraction of sp³-hybridized carbons (Fsp3) is 0.413. The number of aryl methyl sites for hydroxylation is 2. The predicted molar refractivity (Wildman–Crippen MR) is 230 cm³/mol. The molecule has 0 bridgehead atoms. The van der Waals surface area contributed by atoms with Crippen LogP contribution in [-0.2, 0) is 18.9 Å². The molecule has 5 aromatic rings. The molecular weight excluding hydrogens is 903 g/mol. The van der Waals surface area contributed by atoms with E-state index in [0.717, 1.165) is 51.8 Å². The van der Waals surface area contributed by atoms with Crippen LogP contribution in [0, 0.1) is 28.8 Å². The molecule has 0 radical (unpaired) electrons. The third-order valence-corrected chi connectivity index (χ3v) is 13.2. The Balaban J connectivity index is 1.01. The summed E-state index contributed by atoms with van der Waals surface area (Å²) in [5, 5.41) is 29.9. The van der Waals surface area contributed by atoms with Crippen molar-refractivity contribution in [2.45, 2.75) is 103 Å². The number of nitrogens with one attached hydrogen (secondary N) is 4. The minimum atomic E-state index is -1.08. The molecule has 0 saturated heterocycles. The Morgan fingerprint density at radius 3 is 2.39 bits per heavy atom. The summed E-state index contributed by atoms with van der Waals surface area (Å²) in [5.41, 5.74) is 4.91. The van der Waals surface area contributed by atoms with Gasteiger partial charge in [-0.3, -0.25) is 5.10 Å². The maximum atomic E-state index is 13.8. The van der Waals surface area contributed by atoms with Crippen LogP contribution in [0.25, 0.3) is 11.1 Å². The topological polar surface area (TPSA) is 202 Å². The van der Waals surface area contributed by atoms with Crippen LogP contribution in [0.3, 0.4) is 0 Å². The second-order valence-electron chi connectivity index (χ2n) is 16.8. The quantitative estimate of drug-likeness (QED) is 0.0581. The van der Waals surface area contributed by atoms with Crippen molar-refractivity contribution < 1.29 is 55.0 Å². The predicted octanol–water partition coefficient (Wildman–Crippen LogP) is 4.48. The number of carbonyl (C=O) groups excluding carboxylic acids is 3. The summed E-state index contributed by atoms with van der Waals surface area (Å²) in [5.74, 6) is -0.681. The molecule has 1 unspecified atom stereocenters. The number of pyridine rings is 1. The summed E-state index contributed by atoms with van der Waals surface area (Å²) < 4.78 is 14.8. The molecule has 1 aliphatic rings. The molecule has 2 aromatic carbocycles. The standard InChI is InChI=1S/C46H56IN8O7/c1-29-42(30(2)54-53-29)32-14-17-34(18-15-32)50-43(57)38(24-31-10-7-6-8-11-31)52-44(58)39-21-23-49-55(39)28-47-33-16-19-41(48-26-33)62-36-13-9-12-35(25-36)61-27-40(56)51-37(45(59)60)20-22-46(3,4)5/h9,12-19,21,23,25-26,31,37-38H,6-8,10-11,20,22,24,27-28H2,1-5H3,(H,50,57)(H,51,56)(H,52,58)(H,53,54)(H,59,60)/q-1/t37-,38?/m0/s1. The molecule has 0 aliphatic heterocycles. The zero-order chi connectivity index (χ0) is 44.2. The molecule has 15 nitrogen and oxygen atoms in total. The number of anilines is 1. The number of alkyl halides is 1. The number of carboxylic acids is 1. The van der Waals surface area contributed by atoms with Crippen LogP contribution in [-0.4, -0.2) is 72.4 Å². The molecular formula is C46H56IN8O7-. The van der Waals surface area contributed by atoms with E-state index < -0.39 is 45.2 Å². The van der Waals surface area contributed by atoms with E-state index in [9.17, 15) is 24.3 Å². The van der Waals surface area contributed by atoms with E-state index in [1.807, 2.05) is 65.0 Å². The average molecular weight is 960 g/mol. The van der Waals surface area contributed by atoms with Gasteiger partial charge in [-0.1, -0.05) is 20.8 Å². The van der Waals surface area contributed by atoms with Gasteiger partial charge in [0.2, 0.25) is 0 Å². The molecule has 16 heteroatoms. The Morgan fingerprint density at radius 1 is 0.952 bits per heavy atom. The van der Waals surface area contributed by atoms with Crippen LogP contribution in [0.2, 0.25) is 0 Å². The number of halogens is 1. The molecule has 62 heavy (non-hydrogen) atoms. The van der Waals surface area contributed by atoms with Gasteiger partial charge in [-0.2, -0.15) is 5.10 Å². The first kappa shape index (κ1) is 45.7. The van der Waals surface area contributed by atoms with Crippen molar-refractivity contribution in [2.24, 2.45) is 11.3 Å². The van der Waals surface area contributed by atoms with Crippen LogP contribution in [0.4, 0.5) is 5.69 Å². The molecule has 3 heterocycles. The van der Waals surface area contributed by atoms with Gasteiger partial charge in [-0.05, 0) is 32.1 Å². The van der Waals surface area contributed by atoms with Crippen molar-refractivity contribution in [3.05, 3.63) is 99.8 Å². The van der Waals surface area contributed by atoms with Crippen LogP contribution in [0.15, 0.2) is 79.1 Å². The Hall–Kier alpha value is -5.78. The van der Waals surface area contributed by atoms with Crippen LogP contribution in [0.5, 0.6) is 17.4 Å². The number of aromatic nitrogens is 5. The maximum absolute atomic E-state index is 13.8. The van der Waals surface area contributed by atoms with Gasteiger partial charge in [0.15, 0.2) is 0 Å². The normalized spacial score (nSPS) is 14.1. The van der Waals surface area contributed by atoms with Gasteiger partial charge in [-0.25, -0.2) is 4.79 Å². The first-order chi connectivity index (χ1) is 29.7. The van der Waals surface area contributed by atoms with Gasteiger partial charge in [0, 0.05) is 11.3 Å². The monoisotopic (exact) mass is 959 g/mol. The second kappa shape index (κ2) is 21.3. The van der Waals surface area contributed by atoms with E-state index >= 15 is 0 Å². The third kappa shape index (κ3) is 13.4. The van der Waals surface area contributed by atoms with Crippen molar-refractivity contribution >= 4 is 29.4 Å². The second-order valence-corrected chi connectivity index (χ2v) is 19.5. The Labute approximate surface area is 372 Å². The molecule has 1 fully saturated rings. The molecule has 1 saturated carbocycles. The van der Waals surface area contributed by atoms with Gasteiger partial charge in [0.25, 0.3) is 0 Å². The van der Waals surface area contributed by atoms with Crippen molar-refractivity contribution in [2.75, 3.05) is 11.9 Å². The van der Waals surface area contributed by atoms with Crippen molar-refractivity contribution in [1.29, 1.82) is 0 Å². The number of aromatic amines is 1. The fourth-order valence-electron chi connectivity index (χ4n) is 7.36. The van der Waals surface area contributed by atoms with Crippen LogP contribution < -0.4 is 46.6 Å². The first-order valence-corrected chi connectivity index (χ1v) is 23.5. The van der Waals surface area contributed by atoms with Gasteiger partial charge in [0.1, 0.15) is 6.04 Å². The summed E-state index contributed by atoms with van der Waals surface area (Å²) in [6.07, 6.45) is 10.4. The SMILES string of the molecule is Cc1n[nH]c(C)c1-c1ccc(NC(=O)C(CC2CCCCC2)NC(=O)c2ccnn2C[I-]c2ccc(Oc3cccc(OCC(=O)N[C@@H](CCC(C)(C)C)C(=O)O)c3)nc2)cc1. The van der Waals surface area contributed by atoms with Crippen molar-refractivity contribution in [1.82, 2.24) is 35.6 Å². The number of aliphatic carboxylic acids is 1. The van der Waals surface area contributed by atoms with E-state index in [2.05, 4.69) is 36.2 Å². The number of nitrogens with zero attached hydrogens (tertiary/aromatic N) is 4. The Kier molecular flexibility index (Phi) is 15.7. The van der Waals surface area contributed by atoms with Crippen molar-refractivity contribution in [3.63, 3.8) is 0 Å². The molecule has 0 spiro atoms. The number of H-pyrrole nitrogens is 1. The van der Waals surface area contributed by atoms with Gasteiger partial charge >= 0.3 is 278 Å². The van der Waals surface area contributed by atoms with E-state index in [1.165, 1.54) is 6.42 Å².